The summed E-state index contributed by atoms with van der Waals surface area (Å²) in [5.41, 5.74) is 1.29. The van der Waals surface area contributed by atoms with Crippen LogP contribution in [-0.2, 0) is 0 Å². The molecule has 5 nitrogen and oxygen atoms in total. The van der Waals surface area contributed by atoms with Crippen molar-refractivity contribution in [3.8, 4) is 17.6 Å². The highest BCUT2D eigenvalue weighted by atomic mass is 16.5. The van der Waals surface area contributed by atoms with Gasteiger partial charge in [-0.1, -0.05) is 30.0 Å². The molecule has 2 heterocycles. The third-order valence-electron chi connectivity index (χ3n) is 3.14. The highest BCUT2D eigenvalue weighted by Gasteiger charge is 2.04. The summed E-state index contributed by atoms with van der Waals surface area (Å²) in [7, 11) is 0. The van der Waals surface area contributed by atoms with Crippen LogP contribution in [0.2, 0.25) is 0 Å². The molecule has 114 valence electrons. The molecule has 0 radical (unpaired) electrons. The van der Waals surface area contributed by atoms with Crippen molar-refractivity contribution in [3.05, 3.63) is 60.7 Å². The van der Waals surface area contributed by atoms with Crippen molar-refractivity contribution in [3.63, 3.8) is 0 Å². The van der Waals surface area contributed by atoms with Crippen molar-refractivity contribution < 1.29 is 13.9 Å². The standard InChI is InChI=1S/C18H14N2O3/c21-18(15-8-12-22-13-15)20-9-1-2-11-23-16-7-3-5-14-6-4-10-19-17(14)16/h3-8,10,12-13H,9,11H2,(H,20,21). The number of benzene rings is 1. The van der Waals surface area contributed by atoms with Crippen molar-refractivity contribution in [1.82, 2.24) is 10.3 Å². The Morgan fingerprint density at radius 2 is 2.13 bits per heavy atom. The van der Waals surface area contributed by atoms with Gasteiger partial charge in [0.15, 0.2) is 0 Å². The number of hydrogen-bond acceptors (Lipinski definition) is 4. The van der Waals surface area contributed by atoms with E-state index in [1.54, 1.807) is 12.3 Å². The van der Waals surface area contributed by atoms with Gasteiger partial charge in [0.2, 0.25) is 0 Å². The molecule has 0 saturated carbocycles. The maximum Gasteiger partial charge on any atom is 0.255 e. The Kier molecular flexibility index (Phi) is 4.55. The fraction of sp³-hybridized carbons (Fsp3) is 0.111. The van der Waals surface area contributed by atoms with E-state index in [-0.39, 0.29) is 19.1 Å². The minimum absolute atomic E-state index is 0.216. The molecule has 5 heteroatoms. The first-order valence-electron chi connectivity index (χ1n) is 7.07. The maximum absolute atomic E-state index is 11.6. The number of hydrogen-bond donors (Lipinski definition) is 1. The summed E-state index contributed by atoms with van der Waals surface area (Å²) in [6, 6.07) is 11.2. The summed E-state index contributed by atoms with van der Waals surface area (Å²) in [5, 5.41) is 3.69. The predicted molar refractivity (Wildman–Crippen MR) is 86.1 cm³/mol. The molecule has 3 aromatic rings. The molecule has 2 aromatic heterocycles. The van der Waals surface area contributed by atoms with Crippen LogP contribution in [0.1, 0.15) is 10.4 Å². The SMILES string of the molecule is O=C(NCC#CCOc1cccc2cccnc12)c1ccoc1. The average molecular weight is 306 g/mol. The van der Waals surface area contributed by atoms with E-state index in [1.165, 1.54) is 12.5 Å². The number of fused-ring (bicyclic) bond motifs is 1. The summed E-state index contributed by atoms with van der Waals surface area (Å²) in [5.74, 6) is 6.18. The summed E-state index contributed by atoms with van der Waals surface area (Å²) >= 11 is 0. The van der Waals surface area contributed by atoms with Crippen molar-refractivity contribution in [2.45, 2.75) is 0 Å². The summed E-state index contributed by atoms with van der Waals surface area (Å²) in [4.78, 5) is 15.9. The van der Waals surface area contributed by atoms with Crippen LogP contribution in [0.15, 0.2) is 59.5 Å². The van der Waals surface area contributed by atoms with E-state index in [2.05, 4.69) is 22.1 Å². The number of furan rings is 1. The number of carbonyl (C=O) groups excluding carboxylic acids is 1. The lowest BCUT2D eigenvalue weighted by molar-refractivity contribution is 0.0958. The van der Waals surface area contributed by atoms with Gasteiger partial charge < -0.3 is 14.5 Å². The van der Waals surface area contributed by atoms with E-state index in [0.29, 0.717) is 11.3 Å². The second-order valence-corrected chi connectivity index (χ2v) is 4.67. The van der Waals surface area contributed by atoms with Crippen molar-refractivity contribution >= 4 is 16.8 Å². The van der Waals surface area contributed by atoms with Gasteiger partial charge >= 0.3 is 0 Å². The van der Waals surface area contributed by atoms with Gasteiger partial charge in [0.25, 0.3) is 5.91 Å². The zero-order valence-corrected chi connectivity index (χ0v) is 12.3. The van der Waals surface area contributed by atoms with Crippen LogP contribution in [-0.4, -0.2) is 24.0 Å². The molecule has 0 aliphatic heterocycles. The summed E-state index contributed by atoms with van der Waals surface area (Å²) < 4.78 is 10.5. The predicted octanol–water partition coefficient (Wildman–Crippen LogP) is 2.64. The molecule has 1 aromatic carbocycles. The van der Waals surface area contributed by atoms with Crippen molar-refractivity contribution in [1.29, 1.82) is 0 Å². The average Bonchev–Trinajstić information content (AvgIpc) is 3.12. The number of carbonyl (C=O) groups is 1. The van der Waals surface area contributed by atoms with E-state index in [9.17, 15) is 4.79 Å². The minimum Gasteiger partial charge on any atom is -0.479 e. The first kappa shape index (κ1) is 14.7. The first-order valence-corrected chi connectivity index (χ1v) is 7.07. The van der Waals surface area contributed by atoms with Gasteiger partial charge in [-0.3, -0.25) is 9.78 Å². The van der Waals surface area contributed by atoms with Gasteiger partial charge in [0.05, 0.1) is 18.4 Å². The van der Waals surface area contributed by atoms with Gasteiger partial charge in [-0.2, -0.15) is 0 Å². The number of aromatic nitrogens is 1. The molecule has 23 heavy (non-hydrogen) atoms. The van der Waals surface area contributed by atoms with Gasteiger partial charge in [-0.05, 0) is 18.2 Å². The van der Waals surface area contributed by atoms with Crippen molar-refractivity contribution in [2.75, 3.05) is 13.2 Å². The van der Waals surface area contributed by atoms with Gasteiger partial charge in [0.1, 0.15) is 24.1 Å². The Balaban J connectivity index is 1.51. The Bertz CT molecular complexity index is 855. The molecule has 1 amide bonds. The normalized spacial score (nSPS) is 9.91. The lowest BCUT2D eigenvalue weighted by atomic mass is 10.2. The Morgan fingerprint density at radius 1 is 1.22 bits per heavy atom. The van der Waals surface area contributed by atoms with E-state index in [1.807, 2.05) is 30.3 Å². The molecule has 3 rings (SSSR count). The highest BCUT2D eigenvalue weighted by molar-refractivity contribution is 5.93. The third kappa shape index (κ3) is 3.69. The molecule has 0 aliphatic rings. The van der Waals surface area contributed by atoms with Crippen molar-refractivity contribution in [2.24, 2.45) is 0 Å². The number of pyridine rings is 1. The van der Waals surface area contributed by atoms with E-state index < -0.39 is 0 Å². The molecule has 0 bridgehead atoms. The molecule has 0 unspecified atom stereocenters. The Morgan fingerprint density at radius 3 is 3.00 bits per heavy atom. The minimum atomic E-state index is -0.216. The van der Waals surface area contributed by atoms with Crippen LogP contribution in [0.3, 0.4) is 0 Å². The molecule has 0 fully saturated rings. The molecular weight excluding hydrogens is 292 g/mol. The zero-order chi connectivity index (χ0) is 15.9. The maximum atomic E-state index is 11.6. The first-order chi connectivity index (χ1) is 11.3. The number of ether oxygens (including phenoxy) is 1. The second-order valence-electron chi connectivity index (χ2n) is 4.67. The topological polar surface area (TPSA) is 64.4 Å². The summed E-state index contributed by atoms with van der Waals surface area (Å²) in [6.07, 6.45) is 4.57. The monoisotopic (exact) mass is 306 g/mol. The number of amides is 1. The Labute approximate surface area is 133 Å². The lowest BCUT2D eigenvalue weighted by Crippen LogP contribution is -2.23. The van der Waals surface area contributed by atoms with Crippen LogP contribution in [0.5, 0.6) is 5.75 Å². The molecule has 1 N–H and O–H groups in total. The third-order valence-corrected chi connectivity index (χ3v) is 3.14. The van der Waals surface area contributed by atoms with E-state index in [0.717, 1.165) is 10.9 Å². The van der Waals surface area contributed by atoms with Crippen LogP contribution >= 0.6 is 0 Å². The summed E-state index contributed by atoms with van der Waals surface area (Å²) in [6.45, 7) is 0.485. The zero-order valence-electron chi connectivity index (χ0n) is 12.3. The number of nitrogens with zero attached hydrogens (tertiary/aromatic N) is 1. The largest absolute Gasteiger partial charge is 0.479 e. The highest BCUT2D eigenvalue weighted by Crippen LogP contribution is 2.22. The molecule has 0 saturated heterocycles. The second kappa shape index (κ2) is 7.14. The van der Waals surface area contributed by atoms with Crippen LogP contribution < -0.4 is 10.1 Å². The Hall–Kier alpha value is -3.26. The fourth-order valence-corrected chi connectivity index (χ4v) is 2.04. The van der Waals surface area contributed by atoms with E-state index >= 15 is 0 Å². The van der Waals surface area contributed by atoms with Gasteiger partial charge in [0, 0.05) is 11.6 Å². The quantitative estimate of drug-likeness (QED) is 0.753. The van der Waals surface area contributed by atoms with Gasteiger partial charge in [-0.15, -0.1) is 0 Å². The fourth-order valence-electron chi connectivity index (χ4n) is 2.04. The van der Waals surface area contributed by atoms with Crippen LogP contribution in [0.25, 0.3) is 10.9 Å². The molecule has 0 atom stereocenters. The smallest absolute Gasteiger partial charge is 0.255 e. The molecular formula is C18H14N2O3. The van der Waals surface area contributed by atoms with Gasteiger partial charge in [-0.25, -0.2) is 0 Å². The number of rotatable bonds is 4. The van der Waals surface area contributed by atoms with Crippen LogP contribution in [0, 0.1) is 11.8 Å². The lowest BCUT2D eigenvalue weighted by Gasteiger charge is -2.05. The number of para-hydroxylation sites is 1. The number of nitrogens with one attached hydrogen (secondary N) is 1. The molecule has 0 spiro atoms. The van der Waals surface area contributed by atoms with E-state index in [4.69, 9.17) is 9.15 Å². The molecule has 0 aliphatic carbocycles. The van der Waals surface area contributed by atoms with Crippen LogP contribution in [0.4, 0.5) is 0 Å².